The molecule has 1 aromatic carbocycles. The zero-order chi connectivity index (χ0) is 21.1. The number of likely N-dealkylation sites (N-methyl/N-ethyl adjacent to an activating group) is 1. The average molecular weight is 425 g/mol. The normalized spacial score (nSPS) is 15.7. The molecule has 0 bridgehead atoms. The predicted octanol–water partition coefficient (Wildman–Crippen LogP) is 2.93. The standard InChI is InChI=1S/C21H24N6O2S/c1-14(28)21(22-2)8-11-27(12-9-21)18-6-4-3-5-15(18)24-19(29)17-13-30-20(25-17)16-7-10-23-26-16/h3-7,10,13,22H,8-9,11-12H2,1-2H3,(H,23,26)(H,24,29). The molecule has 4 rings (SSSR count). The second kappa shape index (κ2) is 8.37. The number of carbonyl (C=O) groups excluding carboxylic acids is 2. The molecule has 1 aliphatic heterocycles. The Balaban J connectivity index is 1.49. The van der Waals surface area contributed by atoms with Gasteiger partial charge < -0.3 is 15.5 Å². The number of ketones is 1. The number of piperidine rings is 1. The number of anilines is 2. The van der Waals surface area contributed by atoms with Gasteiger partial charge in [-0.25, -0.2) is 4.98 Å². The first-order valence-electron chi connectivity index (χ1n) is 9.83. The summed E-state index contributed by atoms with van der Waals surface area (Å²) in [6.45, 7) is 3.10. The third-order valence-electron chi connectivity index (χ3n) is 5.73. The van der Waals surface area contributed by atoms with Crippen LogP contribution in [0.15, 0.2) is 41.9 Å². The molecule has 0 unspecified atom stereocenters. The molecule has 9 heteroatoms. The Morgan fingerprint density at radius 3 is 2.63 bits per heavy atom. The Labute approximate surface area is 178 Å². The van der Waals surface area contributed by atoms with Crippen LogP contribution in [0.1, 0.15) is 30.3 Å². The molecule has 3 N–H and O–H groups in total. The fourth-order valence-electron chi connectivity index (χ4n) is 3.83. The molecule has 30 heavy (non-hydrogen) atoms. The fraction of sp³-hybridized carbons (Fsp3) is 0.333. The van der Waals surface area contributed by atoms with Gasteiger partial charge in [0.05, 0.1) is 22.6 Å². The molecule has 3 aromatic rings. The molecule has 0 atom stereocenters. The Bertz CT molecular complexity index is 1040. The maximum Gasteiger partial charge on any atom is 0.275 e. The van der Waals surface area contributed by atoms with E-state index in [2.05, 4.69) is 30.7 Å². The van der Waals surface area contributed by atoms with Crippen LogP contribution in [0.4, 0.5) is 11.4 Å². The lowest BCUT2D eigenvalue weighted by Gasteiger charge is -2.41. The van der Waals surface area contributed by atoms with E-state index in [0.29, 0.717) is 5.69 Å². The van der Waals surface area contributed by atoms with Gasteiger partial charge in [-0.05, 0) is 45.0 Å². The Hall–Kier alpha value is -3.04. The Morgan fingerprint density at radius 2 is 1.97 bits per heavy atom. The monoisotopic (exact) mass is 424 g/mol. The molecule has 2 aromatic heterocycles. The number of hydrogen-bond acceptors (Lipinski definition) is 7. The number of benzene rings is 1. The summed E-state index contributed by atoms with van der Waals surface area (Å²) < 4.78 is 0. The quantitative estimate of drug-likeness (QED) is 0.562. The first-order valence-corrected chi connectivity index (χ1v) is 10.7. The number of nitrogens with zero attached hydrogens (tertiary/aromatic N) is 3. The van der Waals surface area contributed by atoms with Crippen LogP contribution >= 0.6 is 11.3 Å². The van der Waals surface area contributed by atoms with Crippen LogP contribution in [0, 0.1) is 0 Å². The van der Waals surface area contributed by atoms with Crippen LogP contribution < -0.4 is 15.5 Å². The first-order chi connectivity index (χ1) is 14.5. The smallest absolute Gasteiger partial charge is 0.275 e. The highest BCUT2D eigenvalue weighted by molar-refractivity contribution is 7.13. The molecule has 3 heterocycles. The van der Waals surface area contributed by atoms with Gasteiger partial charge in [-0.1, -0.05) is 12.1 Å². The zero-order valence-corrected chi connectivity index (χ0v) is 17.8. The number of aromatic amines is 1. The summed E-state index contributed by atoms with van der Waals surface area (Å²) in [7, 11) is 1.84. The second-order valence-electron chi connectivity index (χ2n) is 7.35. The van der Waals surface area contributed by atoms with Crippen LogP contribution in [0.3, 0.4) is 0 Å². The van der Waals surface area contributed by atoms with Crippen LogP contribution in [-0.4, -0.2) is 52.5 Å². The predicted molar refractivity (Wildman–Crippen MR) is 118 cm³/mol. The average Bonchev–Trinajstić information content (AvgIpc) is 3.46. The highest BCUT2D eigenvalue weighted by atomic mass is 32.1. The molecule has 0 aliphatic carbocycles. The van der Waals surface area contributed by atoms with E-state index in [9.17, 15) is 9.59 Å². The SMILES string of the molecule is CNC1(C(C)=O)CCN(c2ccccc2NC(=O)c2csc(-c3ccn[nH]3)n2)CC1. The number of Topliss-reactive ketones (excluding diaryl/α,β-unsaturated/α-hetero) is 1. The molecule has 1 fully saturated rings. The molecule has 0 saturated carbocycles. The van der Waals surface area contributed by atoms with Gasteiger partial charge in [0, 0.05) is 24.7 Å². The van der Waals surface area contributed by atoms with Gasteiger partial charge in [-0.15, -0.1) is 11.3 Å². The number of H-pyrrole nitrogens is 1. The van der Waals surface area contributed by atoms with Gasteiger partial charge in [0.2, 0.25) is 0 Å². The number of thiazole rings is 1. The third kappa shape index (κ3) is 3.86. The number of hydrogen-bond donors (Lipinski definition) is 3. The van der Waals surface area contributed by atoms with E-state index in [1.165, 1.54) is 11.3 Å². The van der Waals surface area contributed by atoms with Crippen molar-refractivity contribution in [2.45, 2.75) is 25.3 Å². The number of aromatic nitrogens is 3. The minimum absolute atomic E-state index is 0.169. The Kier molecular flexibility index (Phi) is 5.65. The lowest BCUT2D eigenvalue weighted by atomic mass is 9.84. The first kappa shape index (κ1) is 20.2. The number of para-hydroxylation sites is 2. The van der Waals surface area contributed by atoms with Gasteiger partial charge in [0.25, 0.3) is 5.91 Å². The molecule has 1 aliphatic rings. The summed E-state index contributed by atoms with van der Waals surface area (Å²) in [5, 5.41) is 15.4. The number of amides is 1. The summed E-state index contributed by atoms with van der Waals surface area (Å²) in [5.74, 6) is -0.0855. The molecule has 156 valence electrons. The molecular formula is C21H24N6O2S. The Morgan fingerprint density at radius 1 is 1.20 bits per heavy atom. The van der Waals surface area contributed by atoms with Crippen molar-refractivity contribution in [1.82, 2.24) is 20.5 Å². The van der Waals surface area contributed by atoms with Crippen molar-refractivity contribution in [3.8, 4) is 10.7 Å². The lowest BCUT2D eigenvalue weighted by molar-refractivity contribution is -0.123. The van der Waals surface area contributed by atoms with Crippen LogP contribution in [0.2, 0.25) is 0 Å². The molecule has 8 nitrogen and oxygen atoms in total. The number of nitrogens with one attached hydrogen (secondary N) is 3. The van der Waals surface area contributed by atoms with Crippen LogP contribution in [0.5, 0.6) is 0 Å². The summed E-state index contributed by atoms with van der Waals surface area (Å²) in [5.41, 5.74) is 2.37. The van der Waals surface area contributed by atoms with Gasteiger partial charge in [-0.2, -0.15) is 5.10 Å². The summed E-state index contributed by atoms with van der Waals surface area (Å²) >= 11 is 1.39. The van der Waals surface area contributed by atoms with E-state index in [0.717, 1.165) is 48.0 Å². The molecule has 1 saturated heterocycles. The molecule has 1 amide bonds. The highest BCUT2D eigenvalue weighted by Gasteiger charge is 2.37. The van der Waals surface area contributed by atoms with Crippen molar-refractivity contribution in [2.24, 2.45) is 0 Å². The van der Waals surface area contributed by atoms with E-state index >= 15 is 0 Å². The van der Waals surface area contributed by atoms with Crippen molar-refractivity contribution in [2.75, 3.05) is 30.4 Å². The van der Waals surface area contributed by atoms with Crippen molar-refractivity contribution in [3.05, 3.63) is 47.6 Å². The van der Waals surface area contributed by atoms with Crippen molar-refractivity contribution >= 4 is 34.4 Å². The largest absolute Gasteiger partial charge is 0.370 e. The summed E-state index contributed by atoms with van der Waals surface area (Å²) in [6, 6.07) is 9.55. The van der Waals surface area contributed by atoms with Gasteiger partial charge in [0.15, 0.2) is 0 Å². The van der Waals surface area contributed by atoms with E-state index in [4.69, 9.17) is 0 Å². The summed E-state index contributed by atoms with van der Waals surface area (Å²) in [6.07, 6.45) is 3.10. The van der Waals surface area contributed by atoms with Crippen molar-refractivity contribution in [3.63, 3.8) is 0 Å². The van der Waals surface area contributed by atoms with E-state index in [-0.39, 0.29) is 11.7 Å². The minimum atomic E-state index is -0.460. The van der Waals surface area contributed by atoms with Crippen molar-refractivity contribution in [1.29, 1.82) is 0 Å². The lowest BCUT2D eigenvalue weighted by Crippen LogP contribution is -2.56. The number of carbonyl (C=O) groups is 2. The zero-order valence-electron chi connectivity index (χ0n) is 16.9. The topological polar surface area (TPSA) is 103 Å². The highest BCUT2D eigenvalue weighted by Crippen LogP contribution is 2.32. The summed E-state index contributed by atoms with van der Waals surface area (Å²) in [4.78, 5) is 31.5. The van der Waals surface area contributed by atoms with Gasteiger partial charge >= 0.3 is 0 Å². The van der Waals surface area contributed by atoms with Gasteiger partial charge in [-0.3, -0.25) is 14.7 Å². The molecular weight excluding hydrogens is 400 g/mol. The van der Waals surface area contributed by atoms with Crippen LogP contribution in [0.25, 0.3) is 10.7 Å². The second-order valence-corrected chi connectivity index (χ2v) is 8.21. The minimum Gasteiger partial charge on any atom is -0.370 e. The molecule has 0 spiro atoms. The van der Waals surface area contributed by atoms with E-state index in [1.807, 2.05) is 37.4 Å². The van der Waals surface area contributed by atoms with Crippen molar-refractivity contribution < 1.29 is 9.59 Å². The van der Waals surface area contributed by atoms with E-state index < -0.39 is 5.54 Å². The number of rotatable bonds is 6. The van der Waals surface area contributed by atoms with Crippen LogP contribution in [-0.2, 0) is 4.79 Å². The maximum absolute atomic E-state index is 12.8. The fourth-order valence-corrected chi connectivity index (χ4v) is 4.60. The molecule has 0 radical (unpaired) electrons. The van der Waals surface area contributed by atoms with Gasteiger partial charge in [0.1, 0.15) is 16.5 Å². The van der Waals surface area contributed by atoms with E-state index in [1.54, 1.807) is 18.5 Å². The third-order valence-corrected chi connectivity index (χ3v) is 6.61. The maximum atomic E-state index is 12.8.